The van der Waals surface area contributed by atoms with E-state index in [9.17, 15) is 0 Å². The molecule has 0 aliphatic carbocycles. The first kappa shape index (κ1) is 18.8. The molecule has 4 aromatic heterocycles. The van der Waals surface area contributed by atoms with Gasteiger partial charge in [0.1, 0.15) is 0 Å². The van der Waals surface area contributed by atoms with E-state index in [1.807, 2.05) is 45.3 Å². The minimum atomic E-state index is 1.35. The fraction of sp³-hybridized carbons (Fsp3) is 0. The zero-order valence-corrected chi connectivity index (χ0v) is 20.1. The van der Waals surface area contributed by atoms with Gasteiger partial charge in [0.15, 0.2) is 0 Å². The molecule has 0 fully saturated rings. The summed E-state index contributed by atoms with van der Waals surface area (Å²) in [4.78, 5) is 0. The van der Waals surface area contributed by atoms with Crippen LogP contribution in [0, 0.1) is 0 Å². The standard InChI is InChI=1S/2C14H8S2/c2*1-3-15-13-7-12-6-10-2-4-16-14(10)8-11(12)5-9(1)13/h2*1-8H. The van der Waals surface area contributed by atoms with E-state index in [1.165, 1.54) is 61.9 Å². The van der Waals surface area contributed by atoms with E-state index in [-0.39, 0.29) is 0 Å². The van der Waals surface area contributed by atoms with Crippen molar-refractivity contribution in [3.8, 4) is 0 Å². The predicted molar refractivity (Wildman–Crippen MR) is 149 cm³/mol. The van der Waals surface area contributed by atoms with Gasteiger partial charge in [-0.15, -0.1) is 45.3 Å². The smallest absolute Gasteiger partial charge is 0.0349 e. The van der Waals surface area contributed by atoms with Crippen LogP contribution in [-0.4, -0.2) is 0 Å². The molecule has 4 heteroatoms. The summed E-state index contributed by atoms with van der Waals surface area (Å²) in [6.45, 7) is 0. The van der Waals surface area contributed by atoms with Crippen LogP contribution >= 0.6 is 45.3 Å². The Hall–Kier alpha value is -2.76. The van der Waals surface area contributed by atoms with Gasteiger partial charge in [-0.1, -0.05) is 0 Å². The second-order valence-corrected chi connectivity index (χ2v) is 11.7. The van der Waals surface area contributed by atoms with Crippen LogP contribution in [0.5, 0.6) is 0 Å². The molecule has 0 saturated carbocycles. The maximum atomic E-state index is 2.30. The van der Waals surface area contributed by atoms with E-state index in [0.717, 1.165) is 0 Å². The van der Waals surface area contributed by atoms with Crippen molar-refractivity contribution in [2.75, 3.05) is 0 Å². The van der Waals surface area contributed by atoms with Crippen LogP contribution in [0.25, 0.3) is 61.9 Å². The highest BCUT2D eigenvalue weighted by Crippen LogP contribution is 2.33. The van der Waals surface area contributed by atoms with Crippen molar-refractivity contribution in [1.82, 2.24) is 0 Å². The Morgan fingerprint density at radius 2 is 0.531 bits per heavy atom. The third kappa shape index (κ3) is 3.14. The Labute approximate surface area is 200 Å². The zero-order valence-electron chi connectivity index (χ0n) is 16.9. The third-order valence-corrected chi connectivity index (χ3v) is 9.48. The number of benzene rings is 4. The van der Waals surface area contributed by atoms with Gasteiger partial charge in [-0.25, -0.2) is 0 Å². The van der Waals surface area contributed by atoms with Crippen molar-refractivity contribution >= 4 is 107 Å². The van der Waals surface area contributed by atoms with Crippen LogP contribution < -0.4 is 0 Å². The normalized spacial score (nSPS) is 11.8. The largest absolute Gasteiger partial charge is 0.144 e. The third-order valence-electron chi connectivity index (χ3n) is 5.97. The van der Waals surface area contributed by atoms with Crippen LogP contribution in [0.1, 0.15) is 0 Å². The lowest BCUT2D eigenvalue weighted by atomic mass is 10.1. The molecular weight excluding hydrogens is 465 g/mol. The number of rotatable bonds is 0. The topological polar surface area (TPSA) is 0 Å². The molecule has 8 aromatic rings. The molecule has 0 aliphatic rings. The lowest BCUT2D eigenvalue weighted by Gasteiger charge is -1.99. The average Bonchev–Trinajstić information content (AvgIpc) is 3.59. The van der Waals surface area contributed by atoms with Gasteiger partial charge in [0.05, 0.1) is 0 Å². The molecule has 4 aromatic carbocycles. The summed E-state index contributed by atoms with van der Waals surface area (Å²) >= 11 is 7.25. The summed E-state index contributed by atoms with van der Waals surface area (Å²) in [6, 6.07) is 27.1. The van der Waals surface area contributed by atoms with Gasteiger partial charge in [-0.3, -0.25) is 0 Å². The van der Waals surface area contributed by atoms with E-state index in [2.05, 4.69) is 94.3 Å². The minimum Gasteiger partial charge on any atom is -0.144 e. The SMILES string of the molecule is c1cc2cc3cc4sccc4cc3cc2s1.c1cc2cc3cc4sccc4cc3cc2s1. The van der Waals surface area contributed by atoms with E-state index < -0.39 is 0 Å². The molecule has 0 bridgehead atoms. The van der Waals surface area contributed by atoms with Crippen LogP contribution in [0.3, 0.4) is 0 Å². The molecule has 0 aliphatic heterocycles. The van der Waals surface area contributed by atoms with E-state index in [4.69, 9.17) is 0 Å². The molecule has 4 heterocycles. The fourth-order valence-corrected chi connectivity index (χ4v) is 7.62. The summed E-state index contributed by atoms with van der Waals surface area (Å²) in [5.74, 6) is 0. The van der Waals surface area contributed by atoms with Crippen molar-refractivity contribution < 1.29 is 0 Å². The van der Waals surface area contributed by atoms with E-state index in [0.29, 0.717) is 0 Å². The van der Waals surface area contributed by atoms with Crippen molar-refractivity contribution in [2.45, 2.75) is 0 Å². The number of hydrogen-bond acceptors (Lipinski definition) is 4. The highest BCUT2D eigenvalue weighted by molar-refractivity contribution is 7.18. The van der Waals surface area contributed by atoms with Gasteiger partial charge in [-0.05, 0) is 137 Å². The monoisotopic (exact) mass is 480 g/mol. The molecule has 0 N–H and O–H groups in total. The van der Waals surface area contributed by atoms with Crippen molar-refractivity contribution in [3.05, 3.63) is 94.3 Å². The Morgan fingerprint density at radius 1 is 0.281 bits per heavy atom. The highest BCUT2D eigenvalue weighted by atomic mass is 32.1. The summed E-state index contributed by atoms with van der Waals surface area (Å²) < 4.78 is 5.51. The average molecular weight is 481 g/mol. The summed E-state index contributed by atoms with van der Waals surface area (Å²) in [7, 11) is 0. The molecule has 152 valence electrons. The molecule has 0 atom stereocenters. The fourth-order valence-electron chi connectivity index (χ4n) is 4.34. The van der Waals surface area contributed by atoms with Crippen molar-refractivity contribution in [3.63, 3.8) is 0 Å². The molecule has 0 unspecified atom stereocenters. The van der Waals surface area contributed by atoms with Gasteiger partial charge in [0, 0.05) is 18.8 Å². The van der Waals surface area contributed by atoms with Crippen molar-refractivity contribution in [1.29, 1.82) is 0 Å². The molecule has 32 heavy (non-hydrogen) atoms. The summed E-state index contributed by atoms with van der Waals surface area (Å²) in [6.07, 6.45) is 0. The molecule has 0 spiro atoms. The Kier molecular flexibility index (Phi) is 4.34. The molecular formula is C28H16S4. The molecule has 0 saturated heterocycles. The highest BCUT2D eigenvalue weighted by Gasteiger charge is 2.03. The van der Waals surface area contributed by atoms with Gasteiger partial charge >= 0.3 is 0 Å². The van der Waals surface area contributed by atoms with Crippen LogP contribution in [0.4, 0.5) is 0 Å². The second-order valence-electron chi connectivity index (χ2n) is 7.94. The Bertz CT molecular complexity index is 1490. The second kappa shape index (κ2) is 7.39. The van der Waals surface area contributed by atoms with Gasteiger partial charge in [0.25, 0.3) is 0 Å². The van der Waals surface area contributed by atoms with Crippen molar-refractivity contribution in [2.24, 2.45) is 0 Å². The summed E-state index contributed by atoms with van der Waals surface area (Å²) in [5.41, 5.74) is 0. The van der Waals surface area contributed by atoms with E-state index in [1.54, 1.807) is 0 Å². The molecule has 8 rings (SSSR count). The number of fused-ring (bicyclic) bond motifs is 6. The molecule has 0 amide bonds. The quantitative estimate of drug-likeness (QED) is 0.202. The first-order valence-corrected chi connectivity index (χ1v) is 13.9. The Balaban J connectivity index is 0.000000113. The number of hydrogen-bond donors (Lipinski definition) is 0. The molecule has 0 radical (unpaired) electrons. The maximum Gasteiger partial charge on any atom is 0.0349 e. The van der Waals surface area contributed by atoms with Gasteiger partial charge in [0.2, 0.25) is 0 Å². The summed E-state index contributed by atoms with van der Waals surface area (Å²) in [5, 5.41) is 19.4. The van der Waals surface area contributed by atoms with Gasteiger partial charge < -0.3 is 0 Å². The first-order valence-electron chi connectivity index (χ1n) is 10.4. The predicted octanol–water partition coefficient (Wildman–Crippen LogP) is 10.5. The minimum absolute atomic E-state index is 1.35. The van der Waals surface area contributed by atoms with Crippen LogP contribution in [-0.2, 0) is 0 Å². The Morgan fingerprint density at radius 3 is 0.781 bits per heavy atom. The number of thiophene rings is 4. The maximum absolute atomic E-state index is 2.30. The lowest BCUT2D eigenvalue weighted by Crippen LogP contribution is -1.72. The zero-order chi connectivity index (χ0) is 21.1. The molecule has 0 nitrogen and oxygen atoms in total. The van der Waals surface area contributed by atoms with Gasteiger partial charge in [-0.2, -0.15) is 0 Å². The lowest BCUT2D eigenvalue weighted by molar-refractivity contribution is 1.94. The van der Waals surface area contributed by atoms with Crippen LogP contribution in [0.2, 0.25) is 0 Å². The van der Waals surface area contributed by atoms with Crippen LogP contribution in [0.15, 0.2) is 94.3 Å². The van der Waals surface area contributed by atoms with E-state index >= 15 is 0 Å². The first-order chi connectivity index (χ1) is 15.8.